The van der Waals surface area contributed by atoms with Crippen LogP contribution in [0.5, 0.6) is 0 Å². The van der Waals surface area contributed by atoms with E-state index in [2.05, 4.69) is 39.0 Å². The van der Waals surface area contributed by atoms with Crippen molar-refractivity contribution < 1.29 is 14.7 Å². The lowest BCUT2D eigenvalue weighted by Gasteiger charge is -2.23. The third kappa shape index (κ3) is 6.01. The smallest absolute Gasteiger partial charge is 0.331 e. The lowest BCUT2D eigenvalue weighted by atomic mass is 9.96. The first-order chi connectivity index (χ1) is 12.4. The van der Waals surface area contributed by atoms with Gasteiger partial charge in [-0.2, -0.15) is 0 Å². The Hall–Kier alpha value is -2.10. The number of allylic oxidation sites excluding steroid dienone is 5. The Kier molecular flexibility index (Phi) is 7.43. The van der Waals surface area contributed by atoms with Gasteiger partial charge in [-0.05, 0) is 44.9 Å². The number of carbonyl (C=O) groups excluding carboxylic acids is 1. The molecule has 2 rings (SSSR count). The van der Waals surface area contributed by atoms with Gasteiger partial charge in [-0.25, -0.2) is 4.79 Å². The van der Waals surface area contributed by atoms with Crippen LogP contribution in [0.25, 0.3) is 0 Å². The van der Waals surface area contributed by atoms with Crippen LogP contribution in [-0.2, 0) is 9.59 Å². The second-order valence-electron chi connectivity index (χ2n) is 7.76. The Bertz CT molecular complexity index is 652. The summed E-state index contributed by atoms with van der Waals surface area (Å²) in [5.41, 5.74) is 3.06. The molecule has 1 heterocycles. The van der Waals surface area contributed by atoms with Crippen molar-refractivity contribution in [1.29, 1.82) is 0 Å². The molecule has 1 saturated heterocycles. The molecule has 1 amide bonds. The number of likely N-dealkylation sites (tertiary alicyclic amines) is 1. The summed E-state index contributed by atoms with van der Waals surface area (Å²) >= 11 is 0. The molecule has 1 aliphatic heterocycles. The van der Waals surface area contributed by atoms with E-state index in [4.69, 9.17) is 5.11 Å². The van der Waals surface area contributed by atoms with Crippen molar-refractivity contribution in [2.75, 3.05) is 6.54 Å². The zero-order valence-corrected chi connectivity index (χ0v) is 16.2. The third-order valence-corrected chi connectivity index (χ3v) is 5.00. The molecule has 1 aliphatic carbocycles. The molecule has 4 heteroatoms. The van der Waals surface area contributed by atoms with E-state index in [-0.39, 0.29) is 11.9 Å². The molecule has 1 N–H and O–H groups in total. The zero-order valence-electron chi connectivity index (χ0n) is 16.2. The van der Waals surface area contributed by atoms with Crippen LogP contribution in [0.1, 0.15) is 59.3 Å². The molecular weight excluding hydrogens is 326 g/mol. The summed E-state index contributed by atoms with van der Waals surface area (Å²) in [4.78, 5) is 25.1. The van der Waals surface area contributed by atoms with Crippen molar-refractivity contribution in [3.05, 3.63) is 47.1 Å². The van der Waals surface area contributed by atoms with Gasteiger partial charge in [0, 0.05) is 18.5 Å². The number of rotatable bonds is 8. The first-order valence-corrected chi connectivity index (χ1v) is 9.62. The summed E-state index contributed by atoms with van der Waals surface area (Å²) in [5, 5.41) is 9.00. The summed E-state index contributed by atoms with van der Waals surface area (Å²) < 4.78 is 0. The monoisotopic (exact) mass is 357 g/mol. The molecular formula is C22H31NO3. The van der Waals surface area contributed by atoms with Crippen molar-refractivity contribution in [1.82, 2.24) is 4.90 Å². The maximum atomic E-state index is 12.2. The zero-order chi connectivity index (χ0) is 19.1. The van der Waals surface area contributed by atoms with E-state index in [1.165, 1.54) is 11.1 Å². The molecule has 0 aromatic carbocycles. The molecule has 1 fully saturated rings. The number of carboxylic acids is 1. The lowest BCUT2D eigenvalue weighted by molar-refractivity contribution is -0.132. The van der Waals surface area contributed by atoms with Gasteiger partial charge in [-0.3, -0.25) is 4.79 Å². The molecule has 0 spiro atoms. The standard InChI is InChI=1S/C22H31NO3/c1-16(2)15-17(3)5-4-6-20-11-12-21(24)23(20)14-13-18-7-9-19(10-8-18)22(25)26/h4-7,9,16,20H,8,10-15H2,1-3H3,(H,25,26)/b6-4-,17-5+/t20-/m0/s1. The lowest BCUT2D eigenvalue weighted by Crippen LogP contribution is -2.32. The van der Waals surface area contributed by atoms with Gasteiger partial charge in [0.15, 0.2) is 0 Å². The fourth-order valence-electron chi connectivity index (χ4n) is 3.64. The molecule has 0 aromatic rings. The predicted octanol–water partition coefficient (Wildman–Crippen LogP) is 4.65. The molecule has 0 unspecified atom stereocenters. The van der Waals surface area contributed by atoms with Gasteiger partial charge in [0.05, 0.1) is 6.04 Å². The highest BCUT2D eigenvalue weighted by atomic mass is 16.4. The molecule has 0 saturated carbocycles. The topological polar surface area (TPSA) is 57.6 Å². The average molecular weight is 357 g/mol. The van der Waals surface area contributed by atoms with Gasteiger partial charge < -0.3 is 10.0 Å². The van der Waals surface area contributed by atoms with E-state index in [0.29, 0.717) is 30.9 Å². The number of nitrogens with zero attached hydrogens (tertiary/aromatic N) is 1. The largest absolute Gasteiger partial charge is 0.478 e. The molecule has 0 bridgehead atoms. The molecule has 1 atom stereocenters. The van der Waals surface area contributed by atoms with Gasteiger partial charge in [-0.15, -0.1) is 0 Å². The van der Waals surface area contributed by atoms with Gasteiger partial charge in [0.1, 0.15) is 0 Å². The fourth-order valence-corrected chi connectivity index (χ4v) is 3.64. The van der Waals surface area contributed by atoms with Crippen LogP contribution in [0.2, 0.25) is 0 Å². The summed E-state index contributed by atoms with van der Waals surface area (Å²) in [5.74, 6) is 0.0467. The van der Waals surface area contributed by atoms with Crippen LogP contribution in [0.3, 0.4) is 0 Å². The number of amides is 1. The van der Waals surface area contributed by atoms with E-state index < -0.39 is 5.97 Å². The van der Waals surface area contributed by atoms with Gasteiger partial charge in [0.2, 0.25) is 5.91 Å². The maximum absolute atomic E-state index is 12.2. The molecule has 26 heavy (non-hydrogen) atoms. The third-order valence-electron chi connectivity index (χ3n) is 5.00. The van der Waals surface area contributed by atoms with Crippen LogP contribution in [-0.4, -0.2) is 34.5 Å². The second kappa shape index (κ2) is 9.56. The van der Waals surface area contributed by atoms with E-state index >= 15 is 0 Å². The minimum Gasteiger partial charge on any atom is -0.478 e. The van der Waals surface area contributed by atoms with Crippen LogP contribution in [0.15, 0.2) is 47.1 Å². The van der Waals surface area contributed by atoms with E-state index in [1.54, 1.807) is 6.08 Å². The van der Waals surface area contributed by atoms with Gasteiger partial charge in [0.25, 0.3) is 0 Å². The number of hydrogen-bond acceptors (Lipinski definition) is 2. The van der Waals surface area contributed by atoms with Crippen molar-refractivity contribution >= 4 is 11.9 Å². The number of carbonyl (C=O) groups is 2. The highest BCUT2D eigenvalue weighted by Gasteiger charge is 2.28. The number of carboxylic acid groups (broad SMARTS) is 1. The second-order valence-corrected chi connectivity index (χ2v) is 7.76. The first kappa shape index (κ1) is 20.2. The maximum Gasteiger partial charge on any atom is 0.331 e. The van der Waals surface area contributed by atoms with Crippen molar-refractivity contribution in [2.24, 2.45) is 5.92 Å². The van der Waals surface area contributed by atoms with Crippen LogP contribution >= 0.6 is 0 Å². The van der Waals surface area contributed by atoms with E-state index in [1.807, 2.05) is 11.0 Å². The number of aliphatic carboxylic acids is 1. The Labute approximate surface area is 157 Å². The highest BCUT2D eigenvalue weighted by molar-refractivity contribution is 5.87. The minimum atomic E-state index is -0.832. The number of hydrogen-bond donors (Lipinski definition) is 1. The Morgan fingerprint density at radius 2 is 2.08 bits per heavy atom. The van der Waals surface area contributed by atoms with Crippen molar-refractivity contribution in [3.8, 4) is 0 Å². The molecule has 142 valence electrons. The Morgan fingerprint density at radius 1 is 1.31 bits per heavy atom. The summed E-state index contributed by atoms with van der Waals surface area (Å²) in [6, 6.07) is 0.180. The Balaban J connectivity index is 1.91. The van der Waals surface area contributed by atoms with E-state index in [9.17, 15) is 9.59 Å². The quantitative estimate of drug-likeness (QED) is 0.643. The average Bonchev–Trinajstić information content (AvgIpc) is 2.92. The van der Waals surface area contributed by atoms with E-state index in [0.717, 1.165) is 25.7 Å². The van der Waals surface area contributed by atoms with Gasteiger partial charge >= 0.3 is 5.97 Å². The summed E-state index contributed by atoms with van der Waals surface area (Å²) in [6.45, 7) is 7.29. The van der Waals surface area contributed by atoms with Crippen LogP contribution in [0.4, 0.5) is 0 Å². The summed E-state index contributed by atoms with van der Waals surface area (Å²) in [7, 11) is 0. The molecule has 0 radical (unpaired) electrons. The molecule has 2 aliphatic rings. The first-order valence-electron chi connectivity index (χ1n) is 9.62. The fraction of sp³-hybridized carbons (Fsp3) is 0.545. The van der Waals surface area contributed by atoms with Crippen LogP contribution < -0.4 is 0 Å². The van der Waals surface area contributed by atoms with Crippen LogP contribution in [0, 0.1) is 5.92 Å². The minimum absolute atomic E-state index is 0.180. The van der Waals surface area contributed by atoms with Crippen molar-refractivity contribution in [3.63, 3.8) is 0 Å². The Morgan fingerprint density at radius 3 is 2.69 bits per heavy atom. The van der Waals surface area contributed by atoms with Crippen molar-refractivity contribution in [2.45, 2.75) is 65.3 Å². The summed E-state index contributed by atoms with van der Waals surface area (Å²) in [6.07, 6.45) is 14.8. The predicted molar refractivity (Wildman–Crippen MR) is 105 cm³/mol. The SMILES string of the molecule is C/C(=C\C=C/[C@H]1CCC(=O)N1CCC1=CC=C(C(=O)O)CC1)CC(C)C. The van der Waals surface area contributed by atoms with Gasteiger partial charge in [-0.1, -0.05) is 55.4 Å². The normalized spacial score (nSPS) is 21.5. The highest BCUT2D eigenvalue weighted by Crippen LogP contribution is 2.25. The molecule has 0 aromatic heterocycles. The molecule has 4 nitrogen and oxygen atoms in total.